The van der Waals surface area contributed by atoms with E-state index in [4.69, 9.17) is 0 Å². The Morgan fingerprint density at radius 1 is 1.17 bits per heavy atom. The number of thiazole rings is 1. The second-order valence-corrected chi connectivity index (χ2v) is 7.24. The maximum absolute atomic E-state index is 12.7. The van der Waals surface area contributed by atoms with Gasteiger partial charge in [0.25, 0.3) is 5.56 Å². The average Bonchev–Trinajstić information content (AvgIpc) is 3.22. The maximum atomic E-state index is 12.7. The molecule has 1 aromatic carbocycles. The summed E-state index contributed by atoms with van der Waals surface area (Å²) in [7, 11) is 0. The third-order valence-corrected chi connectivity index (χ3v) is 5.61. The van der Waals surface area contributed by atoms with Gasteiger partial charge < -0.3 is 0 Å². The fourth-order valence-electron chi connectivity index (χ4n) is 2.46. The fourth-order valence-corrected chi connectivity index (χ4v) is 4.30. The van der Waals surface area contributed by atoms with Crippen molar-refractivity contribution in [3.05, 3.63) is 78.5 Å². The average molecular weight is 339 g/mol. The van der Waals surface area contributed by atoms with Crippen molar-refractivity contribution in [2.45, 2.75) is 13.3 Å². The number of thiophene rings is 1. The van der Waals surface area contributed by atoms with Crippen LogP contribution in [0.15, 0.2) is 46.6 Å². The molecule has 4 rings (SSSR count). The van der Waals surface area contributed by atoms with E-state index in [9.17, 15) is 4.79 Å². The van der Waals surface area contributed by atoms with Crippen LogP contribution in [0.5, 0.6) is 0 Å². The molecule has 0 saturated carbocycles. The van der Waals surface area contributed by atoms with Crippen LogP contribution in [0.3, 0.4) is 0 Å². The summed E-state index contributed by atoms with van der Waals surface area (Å²) in [4.78, 5) is 14.5. The zero-order chi connectivity index (χ0) is 15.8. The largest absolute Gasteiger partial charge is 0.275 e. The van der Waals surface area contributed by atoms with E-state index in [1.165, 1.54) is 16.9 Å². The van der Waals surface area contributed by atoms with Crippen LogP contribution in [0.1, 0.15) is 21.8 Å². The molecule has 0 unspecified atom stereocenters. The van der Waals surface area contributed by atoms with Crippen LogP contribution in [0.4, 0.5) is 0 Å². The smallest absolute Gasteiger partial charge is 0.267 e. The highest BCUT2D eigenvalue weighted by molar-refractivity contribution is 7.15. The summed E-state index contributed by atoms with van der Waals surface area (Å²) >= 11 is 3.03. The monoisotopic (exact) mass is 339 g/mol. The first-order valence-electron chi connectivity index (χ1n) is 7.19. The summed E-state index contributed by atoms with van der Waals surface area (Å²) in [6, 6.07) is 12.1. The zero-order valence-corrected chi connectivity index (χ0v) is 14.0. The van der Waals surface area contributed by atoms with Crippen molar-refractivity contribution in [2.75, 3.05) is 0 Å². The van der Waals surface area contributed by atoms with Crippen molar-refractivity contribution in [3.8, 4) is 0 Å². The van der Waals surface area contributed by atoms with Gasteiger partial charge in [0.1, 0.15) is 5.82 Å². The third kappa shape index (κ3) is 2.60. The fraction of sp³-hybridized carbons (Fsp3) is 0.118. The van der Waals surface area contributed by atoms with Gasteiger partial charge in [0.15, 0.2) is 0 Å². The van der Waals surface area contributed by atoms with Gasteiger partial charge in [-0.3, -0.25) is 4.79 Å². The first kappa shape index (κ1) is 14.3. The highest BCUT2D eigenvalue weighted by Crippen LogP contribution is 2.16. The molecule has 4 aromatic rings. The molecule has 0 aliphatic heterocycles. The molecule has 0 atom stereocenters. The van der Waals surface area contributed by atoms with E-state index in [2.05, 4.69) is 16.3 Å². The van der Waals surface area contributed by atoms with Crippen molar-refractivity contribution in [1.29, 1.82) is 0 Å². The highest BCUT2D eigenvalue weighted by atomic mass is 32.1. The molecule has 0 bridgehead atoms. The second-order valence-electron chi connectivity index (χ2n) is 5.28. The van der Waals surface area contributed by atoms with Gasteiger partial charge in [0.2, 0.25) is 4.96 Å². The second kappa shape index (κ2) is 5.72. The molecular formula is C17H13N3OS2. The Morgan fingerprint density at radius 3 is 2.74 bits per heavy atom. The zero-order valence-electron chi connectivity index (χ0n) is 12.4. The topological polar surface area (TPSA) is 47.3 Å². The molecule has 0 fully saturated rings. The minimum atomic E-state index is -0.0336. The van der Waals surface area contributed by atoms with E-state index in [0.29, 0.717) is 21.7 Å². The molecule has 0 amide bonds. The Hall–Kier alpha value is -2.31. The molecule has 0 aliphatic rings. The molecule has 3 aromatic heterocycles. The first-order valence-corrected chi connectivity index (χ1v) is 8.88. The van der Waals surface area contributed by atoms with Crippen LogP contribution >= 0.6 is 22.7 Å². The SMILES string of the molecule is Cc1ccsc1C=c1sc2nnc(Cc3ccccc3)n2c1=O. The lowest BCUT2D eigenvalue weighted by Gasteiger charge is -1.97. The number of fused-ring (bicyclic) bond motifs is 1. The van der Waals surface area contributed by atoms with Crippen LogP contribution < -0.4 is 10.1 Å². The van der Waals surface area contributed by atoms with E-state index in [1.807, 2.05) is 48.7 Å². The summed E-state index contributed by atoms with van der Waals surface area (Å²) in [5.41, 5.74) is 2.27. The molecule has 0 spiro atoms. The summed E-state index contributed by atoms with van der Waals surface area (Å²) < 4.78 is 2.33. The lowest BCUT2D eigenvalue weighted by Crippen LogP contribution is -2.24. The summed E-state index contributed by atoms with van der Waals surface area (Å²) in [6.07, 6.45) is 2.55. The molecule has 6 heteroatoms. The third-order valence-electron chi connectivity index (χ3n) is 3.68. The van der Waals surface area contributed by atoms with Crippen molar-refractivity contribution >= 4 is 33.7 Å². The minimum Gasteiger partial charge on any atom is -0.267 e. The van der Waals surface area contributed by atoms with E-state index in [0.717, 1.165) is 10.4 Å². The summed E-state index contributed by atoms with van der Waals surface area (Å²) in [6.45, 7) is 2.05. The molecule has 0 aliphatic carbocycles. The Balaban J connectivity index is 1.82. The van der Waals surface area contributed by atoms with Crippen molar-refractivity contribution in [3.63, 3.8) is 0 Å². The predicted octanol–water partition coefficient (Wildman–Crippen LogP) is 2.66. The van der Waals surface area contributed by atoms with Crippen LogP contribution in [0.25, 0.3) is 11.0 Å². The van der Waals surface area contributed by atoms with E-state index < -0.39 is 0 Å². The van der Waals surface area contributed by atoms with Gasteiger partial charge >= 0.3 is 0 Å². The molecule has 0 radical (unpaired) electrons. The molecule has 0 N–H and O–H groups in total. The molecule has 3 heterocycles. The van der Waals surface area contributed by atoms with E-state index >= 15 is 0 Å². The van der Waals surface area contributed by atoms with Crippen LogP contribution in [-0.4, -0.2) is 14.6 Å². The standard InChI is InChI=1S/C17H13N3OS2/c1-11-7-8-22-13(11)10-14-16(21)20-15(18-19-17(20)23-14)9-12-5-3-2-4-6-12/h2-8,10H,9H2,1H3. The Labute approximate surface area is 140 Å². The number of hydrogen-bond acceptors (Lipinski definition) is 5. The van der Waals surface area contributed by atoms with E-state index in [1.54, 1.807) is 15.7 Å². The van der Waals surface area contributed by atoms with Crippen molar-refractivity contribution in [2.24, 2.45) is 0 Å². The molecule has 0 saturated heterocycles. The quantitative estimate of drug-likeness (QED) is 0.576. The molecule has 4 nitrogen and oxygen atoms in total. The number of aromatic nitrogens is 3. The lowest BCUT2D eigenvalue weighted by molar-refractivity contribution is 0.918. The number of hydrogen-bond donors (Lipinski definition) is 0. The van der Waals surface area contributed by atoms with Gasteiger partial charge in [-0.05, 0) is 35.6 Å². The number of rotatable bonds is 3. The Kier molecular flexibility index (Phi) is 3.55. The summed E-state index contributed by atoms with van der Waals surface area (Å²) in [5.74, 6) is 0.690. The maximum Gasteiger partial charge on any atom is 0.275 e. The summed E-state index contributed by atoms with van der Waals surface area (Å²) in [5, 5.41) is 10.4. The lowest BCUT2D eigenvalue weighted by atomic mass is 10.1. The van der Waals surface area contributed by atoms with Crippen molar-refractivity contribution < 1.29 is 0 Å². The normalized spacial score (nSPS) is 12.3. The van der Waals surface area contributed by atoms with Gasteiger partial charge in [-0.2, -0.15) is 0 Å². The highest BCUT2D eigenvalue weighted by Gasteiger charge is 2.13. The molecular weight excluding hydrogens is 326 g/mol. The van der Waals surface area contributed by atoms with Gasteiger partial charge in [-0.1, -0.05) is 41.7 Å². The van der Waals surface area contributed by atoms with Crippen LogP contribution in [0.2, 0.25) is 0 Å². The Bertz CT molecular complexity index is 1080. The predicted molar refractivity (Wildman–Crippen MR) is 94.2 cm³/mol. The van der Waals surface area contributed by atoms with E-state index in [-0.39, 0.29) is 5.56 Å². The van der Waals surface area contributed by atoms with Gasteiger partial charge in [-0.15, -0.1) is 21.5 Å². The number of nitrogens with zero attached hydrogens (tertiary/aromatic N) is 3. The van der Waals surface area contributed by atoms with Crippen molar-refractivity contribution in [1.82, 2.24) is 14.6 Å². The first-order chi connectivity index (χ1) is 11.2. The number of benzene rings is 1. The molecule has 23 heavy (non-hydrogen) atoms. The van der Waals surface area contributed by atoms with Gasteiger partial charge in [0, 0.05) is 11.3 Å². The van der Waals surface area contributed by atoms with Crippen LogP contribution in [-0.2, 0) is 6.42 Å². The number of aryl methyl sites for hydroxylation is 1. The molecule has 114 valence electrons. The van der Waals surface area contributed by atoms with Gasteiger partial charge in [0.05, 0.1) is 4.53 Å². The minimum absolute atomic E-state index is 0.0336. The Morgan fingerprint density at radius 2 is 2.00 bits per heavy atom. The van der Waals surface area contributed by atoms with Crippen LogP contribution in [0, 0.1) is 6.92 Å². The van der Waals surface area contributed by atoms with Gasteiger partial charge in [-0.25, -0.2) is 4.40 Å².